The van der Waals surface area contributed by atoms with Crippen LogP contribution in [0.4, 0.5) is 0 Å². The predicted molar refractivity (Wildman–Crippen MR) is 49.8 cm³/mol. The van der Waals surface area contributed by atoms with Crippen molar-refractivity contribution in [2.45, 2.75) is 26.7 Å². The fraction of sp³-hybridized carbons (Fsp3) is 0.857. The Balaban J connectivity index is 2.60. The lowest BCUT2D eigenvalue weighted by molar-refractivity contribution is 1.11. The van der Waals surface area contributed by atoms with Gasteiger partial charge in [-0.25, -0.2) is 0 Å². The number of hydrogen-bond acceptors (Lipinski definition) is 2. The van der Waals surface area contributed by atoms with Crippen molar-refractivity contribution in [2.75, 3.05) is 11.5 Å². The SMILES string of the molecule is CCCS[CH]SCCC. The van der Waals surface area contributed by atoms with Gasteiger partial charge in [0.05, 0.1) is 5.08 Å². The maximum Gasteiger partial charge on any atom is 0.0712 e. The van der Waals surface area contributed by atoms with Gasteiger partial charge in [-0.2, -0.15) is 0 Å². The number of hydrogen-bond donors (Lipinski definition) is 0. The van der Waals surface area contributed by atoms with Crippen molar-refractivity contribution in [2.24, 2.45) is 0 Å². The molecule has 0 fully saturated rings. The van der Waals surface area contributed by atoms with Crippen LogP contribution in [-0.4, -0.2) is 11.5 Å². The summed E-state index contributed by atoms with van der Waals surface area (Å²) in [7, 11) is 0. The van der Waals surface area contributed by atoms with Crippen LogP contribution in [0.3, 0.4) is 0 Å². The molecule has 9 heavy (non-hydrogen) atoms. The molecule has 0 spiro atoms. The molecule has 0 heterocycles. The van der Waals surface area contributed by atoms with Gasteiger partial charge in [-0.05, 0) is 24.3 Å². The van der Waals surface area contributed by atoms with E-state index in [2.05, 4.69) is 18.9 Å². The molecule has 0 saturated carbocycles. The van der Waals surface area contributed by atoms with Crippen LogP contribution < -0.4 is 0 Å². The molecule has 0 aromatic rings. The van der Waals surface area contributed by atoms with Crippen LogP contribution in [0.2, 0.25) is 0 Å². The second kappa shape index (κ2) is 8.70. The van der Waals surface area contributed by atoms with Crippen molar-refractivity contribution in [3.63, 3.8) is 0 Å². The van der Waals surface area contributed by atoms with E-state index in [1.807, 2.05) is 23.5 Å². The largest absolute Gasteiger partial charge is 0.146 e. The van der Waals surface area contributed by atoms with E-state index >= 15 is 0 Å². The van der Waals surface area contributed by atoms with Crippen molar-refractivity contribution in [3.8, 4) is 0 Å². The summed E-state index contributed by atoms with van der Waals surface area (Å²) in [6.07, 6.45) is 2.57. The van der Waals surface area contributed by atoms with E-state index in [9.17, 15) is 0 Å². The molecule has 0 aliphatic carbocycles. The molecule has 0 bridgehead atoms. The van der Waals surface area contributed by atoms with E-state index in [1.165, 1.54) is 24.3 Å². The van der Waals surface area contributed by atoms with Crippen LogP contribution in [-0.2, 0) is 0 Å². The van der Waals surface area contributed by atoms with Crippen molar-refractivity contribution < 1.29 is 0 Å². The van der Waals surface area contributed by atoms with Crippen molar-refractivity contribution >= 4 is 23.5 Å². The summed E-state index contributed by atoms with van der Waals surface area (Å²) in [5, 5.41) is 2.26. The molecule has 0 rings (SSSR count). The first-order valence-electron chi connectivity index (χ1n) is 3.46. The topological polar surface area (TPSA) is 0 Å². The monoisotopic (exact) mass is 163 g/mol. The van der Waals surface area contributed by atoms with Crippen LogP contribution in [0.1, 0.15) is 26.7 Å². The van der Waals surface area contributed by atoms with Crippen LogP contribution in [0, 0.1) is 5.08 Å². The highest BCUT2D eigenvalue weighted by atomic mass is 32.2. The first kappa shape index (κ1) is 9.70. The average molecular weight is 163 g/mol. The van der Waals surface area contributed by atoms with Gasteiger partial charge in [0, 0.05) is 0 Å². The standard InChI is InChI=1S/C7H15S2/c1-3-5-8-7-9-6-4-2/h7H,3-6H2,1-2H3. The Bertz CT molecular complexity index is 40.2. The van der Waals surface area contributed by atoms with Gasteiger partial charge in [0.2, 0.25) is 0 Å². The lowest BCUT2D eigenvalue weighted by Gasteiger charge is -1.95. The van der Waals surface area contributed by atoms with E-state index in [0.717, 1.165) is 0 Å². The minimum absolute atomic E-state index is 1.27. The molecule has 0 saturated heterocycles. The van der Waals surface area contributed by atoms with Crippen LogP contribution >= 0.6 is 23.5 Å². The Morgan fingerprint density at radius 2 is 1.44 bits per heavy atom. The van der Waals surface area contributed by atoms with Gasteiger partial charge in [0.25, 0.3) is 0 Å². The number of thioether (sulfide) groups is 2. The van der Waals surface area contributed by atoms with Gasteiger partial charge < -0.3 is 0 Å². The molecular formula is C7H15S2. The van der Waals surface area contributed by atoms with Crippen molar-refractivity contribution in [1.82, 2.24) is 0 Å². The van der Waals surface area contributed by atoms with E-state index in [4.69, 9.17) is 0 Å². The summed E-state index contributed by atoms with van der Waals surface area (Å²) < 4.78 is 0. The van der Waals surface area contributed by atoms with Crippen LogP contribution in [0.15, 0.2) is 0 Å². The summed E-state index contributed by atoms with van der Waals surface area (Å²) in [6.45, 7) is 4.43. The summed E-state index contributed by atoms with van der Waals surface area (Å²) >= 11 is 3.86. The predicted octanol–water partition coefficient (Wildman–Crippen LogP) is 3.39. The summed E-state index contributed by atoms with van der Waals surface area (Å²) in [5.74, 6) is 2.55. The highest BCUT2D eigenvalue weighted by Gasteiger charge is 1.86. The first-order chi connectivity index (χ1) is 4.41. The lowest BCUT2D eigenvalue weighted by Crippen LogP contribution is -1.73. The zero-order valence-corrected chi connectivity index (χ0v) is 7.86. The molecule has 0 aromatic carbocycles. The zero-order valence-electron chi connectivity index (χ0n) is 6.22. The van der Waals surface area contributed by atoms with E-state index in [1.54, 1.807) is 0 Å². The normalized spacial score (nSPS) is 10.0. The number of rotatable bonds is 6. The minimum Gasteiger partial charge on any atom is -0.146 e. The van der Waals surface area contributed by atoms with E-state index in [0.29, 0.717) is 0 Å². The van der Waals surface area contributed by atoms with Crippen molar-refractivity contribution in [1.29, 1.82) is 0 Å². The fourth-order valence-electron chi connectivity index (χ4n) is 0.380. The maximum absolute atomic E-state index is 2.26. The minimum atomic E-state index is 1.27. The van der Waals surface area contributed by atoms with Gasteiger partial charge in [0.15, 0.2) is 0 Å². The first-order valence-corrected chi connectivity index (χ1v) is 5.56. The lowest BCUT2D eigenvalue weighted by atomic mass is 10.6. The van der Waals surface area contributed by atoms with E-state index in [-0.39, 0.29) is 0 Å². The molecule has 55 valence electrons. The van der Waals surface area contributed by atoms with E-state index < -0.39 is 0 Å². The average Bonchev–Trinajstić information content (AvgIpc) is 1.89. The Kier molecular flexibility index (Phi) is 9.38. The van der Waals surface area contributed by atoms with Gasteiger partial charge >= 0.3 is 0 Å². The Morgan fingerprint density at radius 1 is 1.00 bits per heavy atom. The van der Waals surface area contributed by atoms with Gasteiger partial charge in [-0.1, -0.05) is 13.8 Å². The van der Waals surface area contributed by atoms with Crippen LogP contribution in [0.5, 0.6) is 0 Å². The molecule has 2 heteroatoms. The van der Waals surface area contributed by atoms with Gasteiger partial charge in [-0.15, -0.1) is 23.5 Å². The summed E-state index contributed by atoms with van der Waals surface area (Å²) in [6, 6.07) is 0. The molecule has 0 atom stereocenters. The molecule has 0 aliphatic heterocycles. The van der Waals surface area contributed by atoms with Crippen LogP contribution in [0.25, 0.3) is 0 Å². The fourth-order valence-corrected chi connectivity index (χ4v) is 2.01. The smallest absolute Gasteiger partial charge is 0.0712 e. The Labute approximate surface area is 67.2 Å². The second-order valence-corrected chi connectivity index (χ2v) is 4.09. The summed E-state index contributed by atoms with van der Waals surface area (Å²) in [4.78, 5) is 0. The third kappa shape index (κ3) is 8.70. The Morgan fingerprint density at radius 3 is 1.78 bits per heavy atom. The Hall–Kier alpha value is 0.700. The highest BCUT2D eigenvalue weighted by molar-refractivity contribution is 8.19. The molecule has 0 aliphatic rings. The molecule has 0 unspecified atom stereocenters. The zero-order chi connectivity index (χ0) is 6.95. The second-order valence-electron chi connectivity index (χ2n) is 1.84. The molecule has 0 nitrogen and oxygen atoms in total. The van der Waals surface area contributed by atoms with Gasteiger partial charge in [0.1, 0.15) is 0 Å². The maximum atomic E-state index is 2.26. The molecule has 1 radical (unpaired) electrons. The van der Waals surface area contributed by atoms with Gasteiger partial charge in [-0.3, -0.25) is 0 Å². The summed E-state index contributed by atoms with van der Waals surface area (Å²) in [5.41, 5.74) is 0. The molecule has 0 aromatic heterocycles. The highest BCUT2D eigenvalue weighted by Crippen LogP contribution is 2.18. The molecule has 0 N–H and O–H groups in total. The van der Waals surface area contributed by atoms with Crippen molar-refractivity contribution in [3.05, 3.63) is 5.08 Å². The third-order valence-electron chi connectivity index (χ3n) is 0.780. The quantitative estimate of drug-likeness (QED) is 0.550. The molecular weight excluding hydrogens is 148 g/mol. The third-order valence-corrected chi connectivity index (χ3v) is 3.16. The molecule has 0 amide bonds.